The Morgan fingerprint density at radius 2 is 1.81 bits per heavy atom. The summed E-state index contributed by atoms with van der Waals surface area (Å²) in [6.45, 7) is 14.9. The summed E-state index contributed by atoms with van der Waals surface area (Å²) < 4.78 is 5.44. The van der Waals surface area contributed by atoms with Crippen LogP contribution in [0, 0.1) is 5.92 Å². The lowest BCUT2D eigenvalue weighted by atomic mass is 10.2. The molecule has 0 unspecified atom stereocenters. The van der Waals surface area contributed by atoms with Crippen LogP contribution < -0.4 is 15.4 Å². The zero-order chi connectivity index (χ0) is 15.8. The molecule has 116 valence electrons. The second-order valence-electron chi connectivity index (χ2n) is 5.48. The minimum Gasteiger partial charge on any atom is -0.494 e. The minimum atomic E-state index is 0.280. The zero-order valence-corrected chi connectivity index (χ0v) is 13.7. The molecule has 0 saturated heterocycles. The van der Waals surface area contributed by atoms with E-state index in [1.54, 1.807) is 0 Å². The van der Waals surface area contributed by atoms with Gasteiger partial charge in [-0.2, -0.15) is 0 Å². The highest BCUT2D eigenvalue weighted by atomic mass is 16.5. The van der Waals surface area contributed by atoms with Crippen LogP contribution in [0.1, 0.15) is 34.6 Å². The van der Waals surface area contributed by atoms with Crippen molar-refractivity contribution in [2.24, 2.45) is 10.9 Å². The normalized spacial score (nSPS) is 11.7. The quantitative estimate of drug-likeness (QED) is 0.588. The molecule has 1 rings (SSSR count). The SMILES string of the molecule is C=C(/N=C(\Nc1ccc(OCC)cc1)C(C)C)NC(C)C. The number of benzene rings is 1. The Balaban J connectivity index is 2.78. The largest absolute Gasteiger partial charge is 0.494 e. The van der Waals surface area contributed by atoms with E-state index < -0.39 is 0 Å². The first-order valence-corrected chi connectivity index (χ1v) is 7.46. The molecule has 0 fully saturated rings. The Kier molecular flexibility index (Phi) is 6.79. The van der Waals surface area contributed by atoms with Gasteiger partial charge in [0.2, 0.25) is 0 Å². The molecule has 0 aliphatic heterocycles. The Hall–Kier alpha value is -1.97. The number of amidine groups is 1. The fourth-order valence-corrected chi connectivity index (χ4v) is 1.76. The van der Waals surface area contributed by atoms with Crippen molar-refractivity contribution in [3.05, 3.63) is 36.7 Å². The van der Waals surface area contributed by atoms with E-state index in [0.29, 0.717) is 18.5 Å². The van der Waals surface area contributed by atoms with Crippen molar-refractivity contribution in [3.8, 4) is 5.75 Å². The number of hydrogen-bond donors (Lipinski definition) is 2. The first kappa shape index (κ1) is 17.1. The van der Waals surface area contributed by atoms with Gasteiger partial charge < -0.3 is 15.4 Å². The Bertz CT molecular complexity index is 475. The summed E-state index contributed by atoms with van der Waals surface area (Å²) in [6.07, 6.45) is 0. The highest BCUT2D eigenvalue weighted by Gasteiger charge is 2.07. The van der Waals surface area contributed by atoms with E-state index in [1.807, 2.05) is 31.2 Å². The van der Waals surface area contributed by atoms with Crippen LogP contribution in [-0.2, 0) is 0 Å². The highest BCUT2D eigenvalue weighted by molar-refractivity contribution is 5.97. The van der Waals surface area contributed by atoms with Crippen molar-refractivity contribution >= 4 is 11.5 Å². The van der Waals surface area contributed by atoms with Crippen LogP contribution in [0.2, 0.25) is 0 Å². The number of ether oxygens (including phenoxy) is 1. The summed E-state index contributed by atoms with van der Waals surface area (Å²) >= 11 is 0. The molecule has 0 amide bonds. The molecule has 0 heterocycles. The molecule has 2 N–H and O–H groups in total. The molecule has 0 aliphatic carbocycles. The molecule has 0 spiro atoms. The number of anilines is 1. The third-order valence-electron chi connectivity index (χ3n) is 2.70. The van der Waals surface area contributed by atoms with Crippen LogP contribution in [-0.4, -0.2) is 18.5 Å². The van der Waals surface area contributed by atoms with E-state index in [4.69, 9.17) is 4.74 Å². The number of nitrogens with one attached hydrogen (secondary N) is 2. The van der Waals surface area contributed by atoms with Gasteiger partial charge in [0.25, 0.3) is 0 Å². The summed E-state index contributed by atoms with van der Waals surface area (Å²) in [4.78, 5) is 4.54. The molecule has 21 heavy (non-hydrogen) atoms. The summed E-state index contributed by atoms with van der Waals surface area (Å²) in [5.74, 6) is 2.71. The topological polar surface area (TPSA) is 45.7 Å². The van der Waals surface area contributed by atoms with Crippen LogP contribution in [0.5, 0.6) is 5.75 Å². The maximum Gasteiger partial charge on any atom is 0.120 e. The number of hydrogen-bond acceptors (Lipinski definition) is 3. The Morgan fingerprint density at radius 1 is 1.19 bits per heavy atom. The number of aliphatic imine (C=N–C) groups is 1. The molecule has 4 heteroatoms. The first-order chi connectivity index (χ1) is 9.92. The third-order valence-corrected chi connectivity index (χ3v) is 2.70. The van der Waals surface area contributed by atoms with Crippen molar-refractivity contribution in [2.45, 2.75) is 40.7 Å². The summed E-state index contributed by atoms with van der Waals surface area (Å²) in [5, 5.41) is 6.54. The minimum absolute atomic E-state index is 0.280. The van der Waals surface area contributed by atoms with E-state index in [9.17, 15) is 0 Å². The molecule has 4 nitrogen and oxygen atoms in total. The average molecular weight is 289 g/mol. The number of rotatable bonds is 7. The average Bonchev–Trinajstić information content (AvgIpc) is 2.39. The summed E-state index contributed by atoms with van der Waals surface area (Å²) in [5.41, 5.74) is 0.989. The molecule has 1 aromatic carbocycles. The summed E-state index contributed by atoms with van der Waals surface area (Å²) in [6, 6.07) is 8.19. The maximum atomic E-state index is 5.44. The predicted octanol–water partition coefficient (Wildman–Crippen LogP) is 4.02. The van der Waals surface area contributed by atoms with E-state index in [2.05, 4.69) is 49.9 Å². The van der Waals surface area contributed by atoms with Gasteiger partial charge in [0, 0.05) is 17.6 Å². The molecule has 0 radical (unpaired) electrons. The van der Waals surface area contributed by atoms with Gasteiger partial charge in [-0.1, -0.05) is 20.4 Å². The predicted molar refractivity (Wildman–Crippen MR) is 90.9 cm³/mol. The second-order valence-corrected chi connectivity index (χ2v) is 5.48. The van der Waals surface area contributed by atoms with Gasteiger partial charge in [-0.3, -0.25) is 0 Å². The fourth-order valence-electron chi connectivity index (χ4n) is 1.76. The lowest BCUT2D eigenvalue weighted by Gasteiger charge is -2.16. The number of nitrogens with zero attached hydrogens (tertiary/aromatic N) is 1. The second kappa shape index (κ2) is 8.35. The molecule has 1 aromatic rings. The molecule has 0 atom stereocenters. The van der Waals surface area contributed by atoms with Crippen molar-refractivity contribution in [3.63, 3.8) is 0 Å². The van der Waals surface area contributed by atoms with E-state index in [-0.39, 0.29) is 5.92 Å². The standard InChI is InChI=1S/C17H27N3O/c1-7-21-16-10-8-15(9-11-16)20-17(12(2)3)19-14(6)18-13(4)5/h8-13,18H,6-7H2,1-5H3,(H,19,20). The van der Waals surface area contributed by atoms with Crippen LogP contribution in [0.15, 0.2) is 41.7 Å². The van der Waals surface area contributed by atoms with E-state index >= 15 is 0 Å². The lowest BCUT2D eigenvalue weighted by molar-refractivity contribution is 0.340. The van der Waals surface area contributed by atoms with Gasteiger partial charge in [0.1, 0.15) is 17.4 Å². The molecule has 0 aliphatic rings. The molecule has 0 aromatic heterocycles. The van der Waals surface area contributed by atoms with Crippen molar-refractivity contribution in [2.75, 3.05) is 11.9 Å². The molecular formula is C17H27N3O. The first-order valence-electron chi connectivity index (χ1n) is 7.46. The molecule has 0 bridgehead atoms. The van der Waals surface area contributed by atoms with Crippen molar-refractivity contribution < 1.29 is 4.74 Å². The van der Waals surface area contributed by atoms with Gasteiger partial charge in [-0.15, -0.1) is 0 Å². The zero-order valence-electron chi connectivity index (χ0n) is 13.7. The summed E-state index contributed by atoms with van der Waals surface area (Å²) in [7, 11) is 0. The van der Waals surface area contributed by atoms with Gasteiger partial charge in [0.05, 0.1) is 6.61 Å². The maximum absolute atomic E-state index is 5.44. The van der Waals surface area contributed by atoms with Gasteiger partial charge in [-0.25, -0.2) is 4.99 Å². The molecule has 0 saturated carbocycles. The van der Waals surface area contributed by atoms with E-state index in [0.717, 1.165) is 17.3 Å². The van der Waals surface area contributed by atoms with Gasteiger partial charge in [-0.05, 0) is 45.0 Å². The molecular weight excluding hydrogens is 262 g/mol. The van der Waals surface area contributed by atoms with Gasteiger partial charge in [0.15, 0.2) is 0 Å². The smallest absolute Gasteiger partial charge is 0.120 e. The lowest BCUT2D eigenvalue weighted by Crippen LogP contribution is -2.24. The highest BCUT2D eigenvalue weighted by Crippen LogP contribution is 2.17. The Labute approximate surface area is 128 Å². The van der Waals surface area contributed by atoms with Crippen molar-refractivity contribution in [1.29, 1.82) is 0 Å². The Morgan fingerprint density at radius 3 is 2.29 bits per heavy atom. The van der Waals surface area contributed by atoms with E-state index in [1.165, 1.54) is 0 Å². The van der Waals surface area contributed by atoms with Crippen LogP contribution >= 0.6 is 0 Å². The van der Waals surface area contributed by atoms with Crippen LogP contribution in [0.4, 0.5) is 5.69 Å². The monoisotopic (exact) mass is 289 g/mol. The van der Waals surface area contributed by atoms with Crippen LogP contribution in [0.25, 0.3) is 0 Å². The van der Waals surface area contributed by atoms with Crippen LogP contribution in [0.3, 0.4) is 0 Å². The van der Waals surface area contributed by atoms with Gasteiger partial charge >= 0.3 is 0 Å². The fraction of sp³-hybridized carbons (Fsp3) is 0.471. The van der Waals surface area contributed by atoms with Crippen molar-refractivity contribution in [1.82, 2.24) is 5.32 Å². The third kappa shape index (κ3) is 6.34.